The van der Waals surface area contributed by atoms with E-state index in [1.165, 1.54) is 19.3 Å². The quantitative estimate of drug-likeness (QED) is 0.888. The standard InChI is InChI=1S/C18H21N3/c1-17(2)14-6-7-18(17,3)16(9-14)21-15-5-4-12(10-19)13(8-15)11-20/h4-5,8,14,16,21H,6-7,9H2,1-3H3. The molecule has 0 saturated heterocycles. The van der Waals surface area contributed by atoms with Gasteiger partial charge in [-0.2, -0.15) is 10.5 Å². The molecule has 0 radical (unpaired) electrons. The van der Waals surface area contributed by atoms with Gasteiger partial charge in [0.15, 0.2) is 0 Å². The van der Waals surface area contributed by atoms with Crippen molar-refractivity contribution in [3.63, 3.8) is 0 Å². The van der Waals surface area contributed by atoms with Crippen molar-refractivity contribution in [2.75, 3.05) is 5.32 Å². The maximum absolute atomic E-state index is 9.14. The highest BCUT2D eigenvalue weighted by molar-refractivity contribution is 5.57. The molecule has 1 aromatic rings. The van der Waals surface area contributed by atoms with Crippen LogP contribution in [0.4, 0.5) is 5.69 Å². The van der Waals surface area contributed by atoms with Gasteiger partial charge in [-0.3, -0.25) is 0 Å². The molecule has 1 aromatic carbocycles. The third-order valence-electron chi connectivity index (χ3n) is 6.40. The number of fused-ring (bicyclic) bond motifs is 2. The lowest BCUT2D eigenvalue weighted by atomic mass is 9.69. The highest BCUT2D eigenvalue weighted by atomic mass is 15.0. The zero-order valence-corrected chi connectivity index (χ0v) is 12.9. The van der Waals surface area contributed by atoms with Gasteiger partial charge in [0, 0.05) is 11.7 Å². The average molecular weight is 279 g/mol. The zero-order chi connectivity index (χ0) is 15.3. The van der Waals surface area contributed by atoms with Gasteiger partial charge in [0.1, 0.15) is 12.1 Å². The Morgan fingerprint density at radius 3 is 2.38 bits per heavy atom. The van der Waals surface area contributed by atoms with Crippen LogP contribution in [0.5, 0.6) is 0 Å². The lowest BCUT2D eigenvalue weighted by Crippen LogP contribution is -2.40. The van der Waals surface area contributed by atoms with Crippen molar-refractivity contribution in [3.8, 4) is 12.1 Å². The van der Waals surface area contributed by atoms with Crippen molar-refractivity contribution in [3.05, 3.63) is 29.3 Å². The van der Waals surface area contributed by atoms with Crippen LogP contribution in [0.25, 0.3) is 0 Å². The molecule has 0 heterocycles. The third-order valence-corrected chi connectivity index (χ3v) is 6.40. The van der Waals surface area contributed by atoms with Gasteiger partial charge < -0.3 is 5.32 Å². The van der Waals surface area contributed by atoms with Crippen LogP contribution in [-0.4, -0.2) is 6.04 Å². The van der Waals surface area contributed by atoms with E-state index in [1.54, 1.807) is 12.1 Å². The summed E-state index contributed by atoms with van der Waals surface area (Å²) in [5.74, 6) is 0.786. The minimum absolute atomic E-state index is 0.304. The summed E-state index contributed by atoms with van der Waals surface area (Å²) in [5.41, 5.74) is 2.53. The van der Waals surface area contributed by atoms with E-state index in [4.69, 9.17) is 10.5 Å². The summed E-state index contributed by atoms with van der Waals surface area (Å²) < 4.78 is 0. The highest BCUT2D eigenvalue weighted by Crippen LogP contribution is 2.65. The fourth-order valence-corrected chi connectivity index (χ4v) is 4.45. The first-order valence-electron chi connectivity index (χ1n) is 7.63. The van der Waals surface area contributed by atoms with E-state index in [0.717, 1.165) is 11.6 Å². The molecule has 3 atom stereocenters. The molecule has 2 aliphatic carbocycles. The van der Waals surface area contributed by atoms with E-state index in [2.05, 4.69) is 38.2 Å². The van der Waals surface area contributed by atoms with E-state index in [9.17, 15) is 0 Å². The molecular weight excluding hydrogens is 258 g/mol. The summed E-state index contributed by atoms with van der Waals surface area (Å²) in [7, 11) is 0. The van der Waals surface area contributed by atoms with Crippen molar-refractivity contribution >= 4 is 5.69 Å². The van der Waals surface area contributed by atoms with Crippen LogP contribution in [0.3, 0.4) is 0 Å². The molecule has 1 N–H and O–H groups in total. The first-order chi connectivity index (χ1) is 9.92. The molecule has 0 aromatic heterocycles. The number of hydrogen-bond acceptors (Lipinski definition) is 3. The predicted octanol–water partition coefficient (Wildman–Crippen LogP) is 4.06. The van der Waals surface area contributed by atoms with Crippen molar-refractivity contribution in [1.29, 1.82) is 10.5 Å². The van der Waals surface area contributed by atoms with Crippen LogP contribution in [0.15, 0.2) is 18.2 Å². The van der Waals surface area contributed by atoms with Gasteiger partial charge in [0.05, 0.1) is 11.1 Å². The third kappa shape index (κ3) is 1.84. The van der Waals surface area contributed by atoms with E-state index in [1.807, 2.05) is 6.07 Å². The number of hydrogen-bond donors (Lipinski definition) is 1. The van der Waals surface area contributed by atoms with Crippen molar-refractivity contribution in [1.82, 2.24) is 0 Å². The number of nitrogens with zero attached hydrogens (tertiary/aromatic N) is 2. The first-order valence-corrected chi connectivity index (χ1v) is 7.63. The Bertz CT molecular complexity index is 662. The van der Waals surface area contributed by atoms with E-state index in [0.29, 0.717) is 28.0 Å². The zero-order valence-electron chi connectivity index (χ0n) is 12.9. The smallest absolute Gasteiger partial charge is 0.101 e. The van der Waals surface area contributed by atoms with Gasteiger partial charge in [-0.25, -0.2) is 0 Å². The summed E-state index contributed by atoms with van der Waals surface area (Å²) in [6, 6.07) is 10.1. The van der Waals surface area contributed by atoms with Crippen LogP contribution < -0.4 is 5.32 Å². The molecule has 2 fully saturated rings. The largest absolute Gasteiger partial charge is 0.382 e. The van der Waals surface area contributed by atoms with Crippen LogP contribution in [0.1, 0.15) is 51.2 Å². The molecule has 0 aliphatic heterocycles. The predicted molar refractivity (Wildman–Crippen MR) is 82.5 cm³/mol. The maximum Gasteiger partial charge on any atom is 0.101 e. The molecule has 3 heteroatoms. The molecule has 108 valence electrons. The van der Waals surface area contributed by atoms with Crippen LogP contribution in [0, 0.1) is 39.4 Å². The Labute approximate surface area is 126 Å². The molecule has 2 bridgehead atoms. The van der Waals surface area contributed by atoms with Gasteiger partial charge in [-0.05, 0) is 54.2 Å². The molecule has 2 aliphatic rings. The van der Waals surface area contributed by atoms with Gasteiger partial charge >= 0.3 is 0 Å². The minimum atomic E-state index is 0.304. The van der Waals surface area contributed by atoms with Crippen molar-refractivity contribution < 1.29 is 0 Å². The molecule has 0 amide bonds. The van der Waals surface area contributed by atoms with Crippen molar-refractivity contribution in [2.24, 2.45) is 16.7 Å². The topological polar surface area (TPSA) is 59.6 Å². The normalized spacial score (nSPS) is 32.4. The van der Waals surface area contributed by atoms with E-state index < -0.39 is 0 Å². The molecule has 21 heavy (non-hydrogen) atoms. The second kappa shape index (κ2) is 4.50. The van der Waals surface area contributed by atoms with Crippen LogP contribution in [0.2, 0.25) is 0 Å². The molecule has 3 rings (SSSR count). The molecule has 0 spiro atoms. The Hall–Kier alpha value is -2.00. The average Bonchev–Trinajstić information content (AvgIpc) is 2.80. The van der Waals surface area contributed by atoms with E-state index >= 15 is 0 Å². The van der Waals surface area contributed by atoms with Crippen LogP contribution in [-0.2, 0) is 0 Å². The molecule has 3 unspecified atom stereocenters. The fourth-order valence-electron chi connectivity index (χ4n) is 4.45. The molecular formula is C18H21N3. The lowest BCUT2D eigenvalue weighted by molar-refractivity contribution is 0.142. The van der Waals surface area contributed by atoms with Gasteiger partial charge in [0.25, 0.3) is 0 Å². The second-order valence-corrected chi connectivity index (χ2v) is 7.29. The maximum atomic E-state index is 9.14. The summed E-state index contributed by atoms with van der Waals surface area (Å²) >= 11 is 0. The van der Waals surface area contributed by atoms with Crippen LogP contribution >= 0.6 is 0 Å². The number of benzene rings is 1. The number of nitrogens with one attached hydrogen (secondary N) is 1. The second-order valence-electron chi connectivity index (χ2n) is 7.29. The molecule has 3 nitrogen and oxygen atoms in total. The van der Waals surface area contributed by atoms with E-state index in [-0.39, 0.29) is 0 Å². The number of anilines is 1. The summed E-state index contributed by atoms with van der Waals surface area (Å²) in [5, 5.41) is 21.8. The highest BCUT2D eigenvalue weighted by Gasteiger charge is 2.61. The minimum Gasteiger partial charge on any atom is -0.382 e. The Morgan fingerprint density at radius 1 is 1.14 bits per heavy atom. The Morgan fingerprint density at radius 2 is 1.86 bits per heavy atom. The first kappa shape index (κ1) is 14.0. The fraction of sp³-hybridized carbons (Fsp3) is 0.556. The van der Waals surface area contributed by atoms with Crippen molar-refractivity contribution in [2.45, 2.75) is 46.1 Å². The summed E-state index contributed by atoms with van der Waals surface area (Å²) in [6.07, 6.45) is 3.80. The number of nitriles is 2. The lowest BCUT2D eigenvalue weighted by Gasteiger charge is -2.40. The Kier molecular flexibility index (Phi) is 2.99. The summed E-state index contributed by atoms with van der Waals surface area (Å²) in [4.78, 5) is 0. The SMILES string of the molecule is CC1(C)C2CCC1(C)C(Nc1ccc(C#N)c(C#N)c1)C2. The summed E-state index contributed by atoms with van der Waals surface area (Å²) in [6.45, 7) is 7.18. The monoisotopic (exact) mass is 279 g/mol. The Balaban J connectivity index is 1.87. The number of rotatable bonds is 2. The van der Waals surface area contributed by atoms with Gasteiger partial charge in [-0.1, -0.05) is 20.8 Å². The van der Waals surface area contributed by atoms with Gasteiger partial charge in [0.2, 0.25) is 0 Å². The van der Waals surface area contributed by atoms with Gasteiger partial charge in [-0.15, -0.1) is 0 Å². The molecule has 2 saturated carbocycles.